The lowest BCUT2D eigenvalue weighted by atomic mass is 9.78. The summed E-state index contributed by atoms with van der Waals surface area (Å²) in [4.78, 5) is 2.53. The van der Waals surface area contributed by atoms with Crippen LogP contribution < -0.4 is 4.90 Å². The quantitative estimate of drug-likeness (QED) is 0.162. The van der Waals surface area contributed by atoms with E-state index in [-0.39, 0.29) is 10.8 Å². The van der Waals surface area contributed by atoms with Crippen LogP contribution >= 0.6 is 11.3 Å². The molecule has 0 atom stereocenters. The van der Waals surface area contributed by atoms with Gasteiger partial charge in [-0.05, 0) is 104 Å². The molecule has 2 aromatic heterocycles. The van der Waals surface area contributed by atoms with E-state index in [4.69, 9.17) is 0 Å². The second-order valence-electron chi connectivity index (χ2n) is 19.0. The molecule has 3 heteroatoms. The lowest BCUT2D eigenvalue weighted by molar-refractivity contribution is 0.569. The highest BCUT2D eigenvalue weighted by Gasteiger charge is 2.25. The zero-order valence-electron chi connectivity index (χ0n) is 36.8. The van der Waals surface area contributed by atoms with E-state index in [0.29, 0.717) is 0 Å². The number of hydrogen-bond acceptors (Lipinski definition) is 2. The summed E-state index contributed by atoms with van der Waals surface area (Å²) in [5, 5.41) is 7.51. The van der Waals surface area contributed by atoms with Crippen molar-refractivity contribution < 1.29 is 0 Å². The van der Waals surface area contributed by atoms with E-state index in [2.05, 4.69) is 245 Å². The molecule has 0 aliphatic heterocycles. The van der Waals surface area contributed by atoms with Gasteiger partial charge in [-0.1, -0.05) is 181 Å². The van der Waals surface area contributed by atoms with Crippen LogP contribution in [0.3, 0.4) is 0 Å². The largest absolute Gasteiger partial charge is 0.309 e. The third kappa shape index (κ3) is 6.62. The summed E-state index contributed by atoms with van der Waals surface area (Å²) in [5.74, 6) is 0. The molecule has 11 aromatic rings. The van der Waals surface area contributed by atoms with E-state index in [9.17, 15) is 0 Å². The first-order valence-electron chi connectivity index (χ1n) is 22.1. The summed E-state index contributed by atoms with van der Waals surface area (Å²) < 4.78 is 4.96. The van der Waals surface area contributed by atoms with Crippen LogP contribution in [-0.4, -0.2) is 4.57 Å². The van der Waals surface area contributed by atoms with Crippen molar-refractivity contribution >= 4 is 81.1 Å². The van der Waals surface area contributed by atoms with Crippen molar-refractivity contribution in [3.8, 4) is 27.9 Å². The van der Waals surface area contributed by atoms with Gasteiger partial charge in [-0.3, -0.25) is 0 Å². The second kappa shape index (κ2) is 14.9. The third-order valence-corrected chi connectivity index (χ3v) is 14.1. The Bertz CT molecular complexity index is 3500. The molecule has 2 heterocycles. The Labute approximate surface area is 374 Å². The summed E-state index contributed by atoms with van der Waals surface area (Å²) in [7, 11) is 0. The molecule has 0 fully saturated rings. The Morgan fingerprint density at radius 3 is 1.78 bits per heavy atom. The van der Waals surface area contributed by atoms with Crippen LogP contribution in [0.1, 0.15) is 52.7 Å². The molecule has 0 aliphatic carbocycles. The van der Waals surface area contributed by atoms with Gasteiger partial charge >= 0.3 is 0 Å². The van der Waals surface area contributed by atoms with Gasteiger partial charge in [0.1, 0.15) is 0 Å². The van der Waals surface area contributed by atoms with Crippen LogP contribution in [-0.2, 0) is 10.8 Å². The van der Waals surface area contributed by atoms with Crippen molar-refractivity contribution in [2.45, 2.75) is 52.4 Å². The Morgan fingerprint density at radius 1 is 0.429 bits per heavy atom. The van der Waals surface area contributed by atoms with Crippen LogP contribution in [0.15, 0.2) is 194 Å². The van der Waals surface area contributed by atoms with Crippen LogP contribution in [0.4, 0.5) is 17.1 Å². The molecule has 0 saturated heterocycles. The van der Waals surface area contributed by atoms with Gasteiger partial charge in [0, 0.05) is 43.2 Å². The molecule has 0 saturated carbocycles. The van der Waals surface area contributed by atoms with Gasteiger partial charge in [-0.25, -0.2) is 0 Å². The lowest BCUT2D eigenvalue weighted by Crippen LogP contribution is -2.16. The summed E-state index contributed by atoms with van der Waals surface area (Å²) >= 11 is 1.88. The van der Waals surface area contributed by atoms with Gasteiger partial charge in [-0.15, -0.1) is 11.3 Å². The van der Waals surface area contributed by atoms with Crippen LogP contribution in [0.25, 0.3) is 80.7 Å². The Kier molecular flexibility index (Phi) is 9.19. The maximum absolute atomic E-state index is 2.53. The highest BCUT2D eigenvalue weighted by molar-refractivity contribution is 7.26. The van der Waals surface area contributed by atoms with Crippen LogP contribution in [0, 0.1) is 0 Å². The Hall–Kier alpha value is -6.94. The number of para-hydroxylation sites is 3. The highest BCUT2D eigenvalue weighted by Crippen LogP contribution is 2.50. The fraction of sp³-hybridized carbons (Fsp3) is 0.133. The molecular weight excluding hydrogens is 781 g/mol. The number of thiophene rings is 1. The maximum atomic E-state index is 2.53. The van der Waals surface area contributed by atoms with Crippen molar-refractivity contribution in [1.29, 1.82) is 0 Å². The first kappa shape index (κ1) is 38.9. The lowest BCUT2D eigenvalue weighted by Gasteiger charge is -2.29. The average Bonchev–Trinajstić information content (AvgIpc) is 3.85. The number of hydrogen-bond donors (Lipinski definition) is 0. The molecular formula is C60H50N2S. The van der Waals surface area contributed by atoms with Crippen molar-refractivity contribution in [2.75, 3.05) is 4.90 Å². The minimum Gasteiger partial charge on any atom is -0.309 e. The van der Waals surface area contributed by atoms with Crippen molar-refractivity contribution in [2.24, 2.45) is 0 Å². The predicted molar refractivity (Wildman–Crippen MR) is 274 cm³/mol. The fourth-order valence-electron chi connectivity index (χ4n) is 9.62. The molecule has 0 amide bonds. The topological polar surface area (TPSA) is 8.17 Å². The molecule has 9 aromatic carbocycles. The molecule has 11 rings (SSSR count). The first-order chi connectivity index (χ1) is 30.5. The van der Waals surface area contributed by atoms with E-state index in [1.165, 1.54) is 91.8 Å². The highest BCUT2D eigenvalue weighted by atomic mass is 32.1. The van der Waals surface area contributed by atoms with Gasteiger partial charge in [0.2, 0.25) is 0 Å². The van der Waals surface area contributed by atoms with Gasteiger partial charge in [0.25, 0.3) is 0 Å². The van der Waals surface area contributed by atoms with Crippen LogP contribution in [0.5, 0.6) is 0 Å². The smallest absolute Gasteiger partial charge is 0.0640 e. The minimum absolute atomic E-state index is 0.00135. The Balaban J connectivity index is 1.20. The normalized spacial score (nSPS) is 12.3. The standard InChI is InChI=1S/C60H50N2S/c1-59(2,3)41-35-40(36-42(37-41)60(4,5)6)45-26-16-19-39-20-17-27-49(57(39)45)46-23-10-13-29-52(46)62(55-31-18-28-50-48-25-12-15-32-56(48)63-58(50)55)44-33-34-54-51(38-44)47-24-11-14-30-53(47)61(54)43-21-8-7-9-22-43/h7-38H,1-6H3. The van der Waals surface area contributed by atoms with E-state index < -0.39 is 0 Å². The monoisotopic (exact) mass is 830 g/mol. The molecule has 0 bridgehead atoms. The van der Waals surface area contributed by atoms with Crippen molar-refractivity contribution in [3.05, 3.63) is 205 Å². The number of fused-ring (bicyclic) bond motifs is 7. The molecule has 0 N–H and O–H groups in total. The number of rotatable bonds is 6. The second-order valence-corrected chi connectivity index (χ2v) is 20.1. The number of benzene rings is 9. The minimum atomic E-state index is -0.00135. The molecule has 0 radical (unpaired) electrons. The first-order valence-corrected chi connectivity index (χ1v) is 22.9. The molecule has 306 valence electrons. The SMILES string of the molecule is CC(C)(C)c1cc(-c2cccc3cccc(-c4ccccc4N(c4ccc5c(c4)c4ccccc4n5-c4ccccc4)c4cccc5c4sc4ccccc45)c23)cc(C(C)(C)C)c1. The fourth-order valence-corrected chi connectivity index (χ4v) is 10.8. The van der Waals surface area contributed by atoms with E-state index >= 15 is 0 Å². The third-order valence-electron chi connectivity index (χ3n) is 12.9. The van der Waals surface area contributed by atoms with Gasteiger partial charge in [-0.2, -0.15) is 0 Å². The molecule has 63 heavy (non-hydrogen) atoms. The zero-order valence-corrected chi connectivity index (χ0v) is 37.6. The zero-order chi connectivity index (χ0) is 43.0. The van der Waals surface area contributed by atoms with Crippen LogP contribution in [0.2, 0.25) is 0 Å². The van der Waals surface area contributed by atoms with Crippen molar-refractivity contribution in [3.63, 3.8) is 0 Å². The molecule has 0 spiro atoms. The summed E-state index contributed by atoms with van der Waals surface area (Å²) in [6.07, 6.45) is 0. The average molecular weight is 831 g/mol. The van der Waals surface area contributed by atoms with Gasteiger partial charge < -0.3 is 9.47 Å². The predicted octanol–water partition coefficient (Wildman–Crippen LogP) is 17.7. The Morgan fingerprint density at radius 2 is 1.02 bits per heavy atom. The number of anilines is 3. The van der Waals surface area contributed by atoms with Crippen molar-refractivity contribution in [1.82, 2.24) is 4.57 Å². The molecule has 0 unspecified atom stereocenters. The maximum Gasteiger partial charge on any atom is 0.0640 e. The summed E-state index contributed by atoms with van der Waals surface area (Å²) in [6, 6.07) is 72.3. The summed E-state index contributed by atoms with van der Waals surface area (Å²) in [6.45, 7) is 14.0. The summed E-state index contributed by atoms with van der Waals surface area (Å²) in [5.41, 5.74) is 14.6. The van der Waals surface area contributed by atoms with E-state index in [1.807, 2.05) is 11.3 Å². The molecule has 0 aliphatic rings. The molecule has 2 nitrogen and oxygen atoms in total. The van der Waals surface area contributed by atoms with Gasteiger partial charge in [0.15, 0.2) is 0 Å². The number of aromatic nitrogens is 1. The van der Waals surface area contributed by atoms with E-state index in [1.54, 1.807) is 0 Å². The van der Waals surface area contributed by atoms with E-state index in [0.717, 1.165) is 17.1 Å². The van der Waals surface area contributed by atoms with Gasteiger partial charge in [0.05, 0.1) is 27.1 Å². The number of nitrogens with zero attached hydrogens (tertiary/aromatic N) is 2.